The van der Waals surface area contributed by atoms with E-state index in [0.29, 0.717) is 29.3 Å². The van der Waals surface area contributed by atoms with E-state index in [1.807, 2.05) is 12.1 Å². The number of hydrogen-bond acceptors (Lipinski definition) is 6. The molecule has 2 aromatic rings. The first-order valence-corrected chi connectivity index (χ1v) is 10.3. The van der Waals surface area contributed by atoms with E-state index in [0.717, 1.165) is 21.9 Å². The summed E-state index contributed by atoms with van der Waals surface area (Å²) in [6.45, 7) is 0.886. The highest BCUT2D eigenvalue weighted by molar-refractivity contribution is 7.89. The van der Waals surface area contributed by atoms with Gasteiger partial charge in [0, 0.05) is 43.5 Å². The van der Waals surface area contributed by atoms with Crippen LogP contribution in [0.4, 0.5) is 0 Å². The van der Waals surface area contributed by atoms with Crippen LogP contribution in [-0.4, -0.2) is 45.9 Å². The molecule has 0 fully saturated rings. The second-order valence-electron chi connectivity index (χ2n) is 6.78. The third kappa shape index (κ3) is 3.25. The number of fused-ring (bicyclic) bond motifs is 2. The summed E-state index contributed by atoms with van der Waals surface area (Å²) < 4.78 is 36.7. The molecule has 2 aromatic carbocycles. The largest absolute Gasteiger partial charge is 0.454 e. The van der Waals surface area contributed by atoms with E-state index < -0.39 is 10.0 Å². The Hall–Kier alpha value is -2.84. The van der Waals surface area contributed by atoms with Crippen molar-refractivity contribution in [2.75, 3.05) is 27.4 Å². The van der Waals surface area contributed by atoms with Gasteiger partial charge in [-0.25, -0.2) is 12.7 Å². The maximum absolute atomic E-state index is 12.8. The average Bonchev–Trinajstić information content (AvgIpc) is 3.14. The number of carbonyl (C=O) groups is 1. The van der Waals surface area contributed by atoms with Gasteiger partial charge >= 0.3 is 0 Å². The number of rotatable bonds is 4. The fraction of sp³-hybridized carbons (Fsp3) is 0.250. The predicted molar refractivity (Wildman–Crippen MR) is 104 cm³/mol. The van der Waals surface area contributed by atoms with Crippen molar-refractivity contribution in [2.45, 2.75) is 11.3 Å². The molecule has 2 heterocycles. The molecular formula is C20H20N2O5S. The number of hydrogen-bond donors (Lipinski definition) is 1. The van der Waals surface area contributed by atoms with Gasteiger partial charge in [0.25, 0.3) is 0 Å². The minimum atomic E-state index is -3.61. The smallest absolute Gasteiger partial charge is 0.242 e. The average molecular weight is 400 g/mol. The Balaban J connectivity index is 1.69. The molecule has 28 heavy (non-hydrogen) atoms. The number of ketones is 1. The van der Waals surface area contributed by atoms with Gasteiger partial charge in [-0.05, 0) is 36.2 Å². The second kappa shape index (κ2) is 6.96. The minimum absolute atomic E-state index is 0.0853. The molecule has 0 spiro atoms. The summed E-state index contributed by atoms with van der Waals surface area (Å²) in [4.78, 5) is 12.9. The summed E-state index contributed by atoms with van der Waals surface area (Å²) in [5.74, 6) is 1.09. The van der Waals surface area contributed by atoms with Crippen LogP contribution in [0.3, 0.4) is 0 Å². The van der Waals surface area contributed by atoms with Crippen LogP contribution in [0.15, 0.2) is 47.4 Å². The number of ether oxygens (including phenoxy) is 2. The lowest BCUT2D eigenvalue weighted by molar-refractivity contribution is 0.104. The fourth-order valence-electron chi connectivity index (χ4n) is 3.23. The fourth-order valence-corrected chi connectivity index (χ4v) is 4.18. The van der Waals surface area contributed by atoms with Crippen LogP contribution in [-0.2, 0) is 16.4 Å². The quantitative estimate of drug-likeness (QED) is 0.625. The van der Waals surface area contributed by atoms with Gasteiger partial charge in [0.15, 0.2) is 17.3 Å². The molecule has 0 saturated heterocycles. The Kier molecular flexibility index (Phi) is 4.60. The van der Waals surface area contributed by atoms with Crippen LogP contribution in [0.5, 0.6) is 11.5 Å². The maximum Gasteiger partial charge on any atom is 0.242 e. The summed E-state index contributed by atoms with van der Waals surface area (Å²) in [6, 6.07) is 9.88. The van der Waals surface area contributed by atoms with Crippen LogP contribution in [0.1, 0.15) is 21.5 Å². The molecule has 2 aliphatic rings. The zero-order valence-electron chi connectivity index (χ0n) is 15.6. The van der Waals surface area contributed by atoms with Crippen LogP contribution in [0.2, 0.25) is 0 Å². The van der Waals surface area contributed by atoms with Crippen LogP contribution < -0.4 is 14.8 Å². The first kappa shape index (κ1) is 18.5. The van der Waals surface area contributed by atoms with Crippen molar-refractivity contribution in [1.82, 2.24) is 9.62 Å². The van der Waals surface area contributed by atoms with Crippen molar-refractivity contribution in [1.29, 1.82) is 0 Å². The summed E-state index contributed by atoms with van der Waals surface area (Å²) >= 11 is 0. The number of benzene rings is 2. The summed E-state index contributed by atoms with van der Waals surface area (Å²) in [5.41, 5.74) is 2.96. The molecule has 0 amide bonds. The second-order valence-corrected chi connectivity index (χ2v) is 8.93. The van der Waals surface area contributed by atoms with Gasteiger partial charge in [-0.2, -0.15) is 0 Å². The Morgan fingerprint density at radius 1 is 1.14 bits per heavy atom. The van der Waals surface area contributed by atoms with Crippen molar-refractivity contribution < 1.29 is 22.7 Å². The van der Waals surface area contributed by atoms with Gasteiger partial charge in [0.1, 0.15) is 0 Å². The van der Waals surface area contributed by atoms with Gasteiger partial charge in [-0.1, -0.05) is 12.1 Å². The number of nitrogens with zero attached hydrogens (tertiary/aromatic N) is 1. The lowest BCUT2D eigenvalue weighted by Gasteiger charge is -2.21. The lowest BCUT2D eigenvalue weighted by Crippen LogP contribution is -2.23. The van der Waals surface area contributed by atoms with Gasteiger partial charge < -0.3 is 14.8 Å². The normalized spacial score (nSPS) is 16.8. The molecule has 0 unspecified atom stereocenters. The molecule has 8 heteroatoms. The molecular weight excluding hydrogens is 380 g/mol. The summed E-state index contributed by atoms with van der Waals surface area (Å²) in [6.07, 6.45) is 2.32. The lowest BCUT2D eigenvalue weighted by atomic mass is 9.96. The topological polar surface area (TPSA) is 84.9 Å². The first-order valence-electron chi connectivity index (χ1n) is 8.81. The third-order valence-corrected chi connectivity index (χ3v) is 6.58. The molecule has 2 aliphatic heterocycles. The van der Waals surface area contributed by atoms with E-state index in [9.17, 15) is 13.2 Å². The third-order valence-electron chi connectivity index (χ3n) is 4.77. The maximum atomic E-state index is 12.8. The van der Waals surface area contributed by atoms with Gasteiger partial charge in [-0.3, -0.25) is 4.79 Å². The minimum Gasteiger partial charge on any atom is -0.454 e. The molecule has 0 bridgehead atoms. The van der Waals surface area contributed by atoms with Crippen LogP contribution in [0.25, 0.3) is 5.70 Å². The van der Waals surface area contributed by atoms with Gasteiger partial charge in [0.05, 0.1) is 4.90 Å². The van der Waals surface area contributed by atoms with E-state index in [2.05, 4.69) is 5.32 Å². The highest BCUT2D eigenvalue weighted by atomic mass is 32.2. The molecule has 0 aromatic heterocycles. The first-order chi connectivity index (χ1) is 13.4. The van der Waals surface area contributed by atoms with Crippen molar-refractivity contribution in [3.05, 3.63) is 59.2 Å². The standard InChI is InChI=1S/C20H20N2O5S/c1-22(2)28(24,25)15-5-3-4-14(8-15)18(23)11-17-16-10-20-19(26-12-27-20)9-13(16)6-7-21-17/h3-5,8-11,21H,6-7,12H2,1-2H3. The molecule has 0 radical (unpaired) electrons. The number of sulfonamides is 1. The monoisotopic (exact) mass is 400 g/mol. The van der Waals surface area contributed by atoms with Crippen molar-refractivity contribution in [3.63, 3.8) is 0 Å². The van der Waals surface area contributed by atoms with E-state index in [1.165, 1.54) is 32.3 Å². The molecule has 0 atom stereocenters. The highest BCUT2D eigenvalue weighted by Gasteiger charge is 2.23. The molecule has 0 aliphatic carbocycles. The number of carbonyl (C=O) groups excluding carboxylic acids is 1. The molecule has 4 rings (SSSR count). The number of allylic oxidation sites excluding steroid dienone is 1. The molecule has 146 valence electrons. The van der Waals surface area contributed by atoms with Crippen molar-refractivity contribution in [3.8, 4) is 11.5 Å². The Labute approximate surface area is 163 Å². The summed E-state index contributed by atoms with van der Waals surface area (Å²) in [7, 11) is -0.693. The van der Waals surface area contributed by atoms with E-state index in [4.69, 9.17) is 9.47 Å². The van der Waals surface area contributed by atoms with Crippen molar-refractivity contribution in [2.24, 2.45) is 0 Å². The Bertz CT molecular complexity index is 1090. The van der Waals surface area contributed by atoms with Crippen LogP contribution >= 0.6 is 0 Å². The zero-order chi connectivity index (χ0) is 19.9. The Morgan fingerprint density at radius 2 is 1.89 bits per heavy atom. The SMILES string of the molecule is CN(C)S(=O)(=O)c1cccc(C(=O)C=C2NCCc3cc4c(cc32)OCO4)c1. The molecule has 0 saturated carbocycles. The van der Waals surface area contributed by atoms with E-state index in [-0.39, 0.29) is 17.5 Å². The predicted octanol–water partition coefficient (Wildman–Crippen LogP) is 2.04. The summed E-state index contributed by atoms with van der Waals surface area (Å²) in [5, 5.41) is 3.25. The van der Waals surface area contributed by atoms with E-state index in [1.54, 1.807) is 12.1 Å². The Morgan fingerprint density at radius 3 is 2.64 bits per heavy atom. The van der Waals surface area contributed by atoms with E-state index >= 15 is 0 Å². The zero-order valence-corrected chi connectivity index (χ0v) is 16.4. The molecule has 1 N–H and O–H groups in total. The van der Waals surface area contributed by atoms with Crippen LogP contribution in [0, 0.1) is 0 Å². The van der Waals surface area contributed by atoms with Gasteiger partial charge in [0.2, 0.25) is 16.8 Å². The van der Waals surface area contributed by atoms with Crippen molar-refractivity contribution >= 4 is 21.5 Å². The highest BCUT2D eigenvalue weighted by Crippen LogP contribution is 2.38. The number of nitrogens with one attached hydrogen (secondary N) is 1. The van der Waals surface area contributed by atoms with Gasteiger partial charge in [-0.15, -0.1) is 0 Å². The molecule has 7 nitrogen and oxygen atoms in total.